The van der Waals surface area contributed by atoms with Crippen LogP contribution in [0.5, 0.6) is 0 Å². The van der Waals surface area contributed by atoms with Crippen LogP contribution in [0.15, 0.2) is 0 Å². The summed E-state index contributed by atoms with van der Waals surface area (Å²) in [6.07, 6.45) is -2.72. The van der Waals surface area contributed by atoms with Gasteiger partial charge in [-0.2, -0.15) is 0 Å². The maximum atomic E-state index is 10.1. The number of hydrogen-bond donors (Lipinski definition) is 1. The largest absolute Gasteiger partial charge is 3.00 e. The molecule has 2 radical (unpaired) electrons. The molecule has 0 aromatic carbocycles. The molecule has 0 fully saturated rings. The van der Waals surface area contributed by atoms with Gasteiger partial charge in [-0.05, 0) is 0 Å². The summed E-state index contributed by atoms with van der Waals surface area (Å²) in [5, 5.41) is 38.9. The van der Waals surface area contributed by atoms with Crippen molar-refractivity contribution in [3.05, 3.63) is 0 Å². The molecule has 0 aromatic heterocycles. The Morgan fingerprint density at radius 2 is 1.27 bits per heavy atom. The van der Waals surface area contributed by atoms with Gasteiger partial charge in [0.25, 0.3) is 0 Å². The van der Waals surface area contributed by atoms with Crippen molar-refractivity contribution in [3.63, 3.8) is 0 Å². The van der Waals surface area contributed by atoms with Crippen molar-refractivity contribution in [3.8, 4) is 0 Å². The molecule has 0 heterocycles. The van der Waals surface area contributed by atoms with Crippen LogP contribution in [0.4, 0.5) is 0 Å². The van der Waals surface area contributed by atoms with Crippen LogP contribution in [0, 0.1) is 0 Å². The van der Waals surface area contributed by atoms with Crippen molar-refractivity contribution < 1.29 is 51.9 Å². The summed E-state index contributed by atoms with van der Waals surface area (Å²) in [6.45, 7) is 0. The Balaban J connectivity index is -0.000000720. The fourth-order valence-electron chi connectivity index (χ4n) is 0.684. The first-order chi connectivity index (χ1) is 5.78. The quantitative estimate of drug-likeness (QED) is 0.409. The number of carboxylic acids is 3. The van der Waals surface area contributed by atoms with Crippen LogP contribution in [0.3, 0.4) is 0 Å². The first-order valence-corrected chi connectivity index (χ1v) is 3.11. The predicted octanol–water partition coefficient (Wildman–Crippen LogP) is -5.64. The van der Waals surface area contributed by atoms with Crippen molar-refractivity contribution >= 4 is 44.1 Å². The van der Waals surface area contributed by atoms with Crippen molar-refractivity contribution in [1.29, 1.82) is 0 Å². The average molecular weight is 454 g/mol. The van der Waals surface area contributed by atoms with Crippen LogP contribution in [-0.4, -0.2) is 54.8 Å². The van der Waals surface area contributed by atoms with Crippen molar-refractivity contribution in [2.75, 3.05) is 0 Å². The number of carboxylic acid groups (broad SMARTS) is 3. The third-order valence-corrected chi connectivity index (χ3v) is 1.25. The van der Waals surface area contributed by atoms with Gasteiger partial charge in [0.2, 0.25) is 0 Å². The first-order valence-electron chi connectivity index (χ1n) is 3.11. The molecule has 0 saturated heterocycles. The van der Waals surface area contributed by atoms with Gasteiger partial charge in [0.15, 0.2) is 0 Å². The van der Waals surface area contributed by atoms with Gasteiger partial charge in [-0.3, -0.25) is 0 Å². The van der Waals surface area contributed by atoms with E-state index in [2.05, 4.69) is 0 Å². The van der Waals surface area contributed by atoms with Crippen LogP contribution < -0.4 is 15.3 Å². The van der Waals surface area contributed by atoms with E-state index in [0.717, 1.165) is 0 Å². The Morgan fingerprint density at radius 3 is 1.40 bits per heavy atom. The number of carbonyl (C=O) groups is 3. The minimum atomic E-state index is -2.97. The van der Waals surface area contributed by atoms with Crippen LogP contribution in [0.2, 0.25) is 0 Å². The van der Waals surface area contributed by atoms with Gasteiger partial charge < -0.3 is 34.8 Å². The van der Waals surface area contributed by atoms with Crippen molar-refractivity contribution in [2.45, 2.75) is 18.4 Å². The number of rotatable bonds is 5. The Kier molecular flexibility index (Phi) is 10.8. The van der Waals surface area contributed by atoms with E-state index in [9.17, 15) is 29.7 Å². The summed E-state index contributed by atoms with van der Waals surface area (Å²) >= 11 is 0. The molecule has 7 nitrogen and oxygen atoms in total. The van der Waals surface area contributed by atoms with Crippen LogP contribution in [-0.2, 0) is 31.5 Å². The minimum Gasteiger partial charge on any atom is -0.550 e. The summed E-state index contributed by atoms with van der Waals surface area (Å²) in [4.78, 5) is 30.0. The molecular formula is C6H5BiFeO7+2. The summed E-state index contributed by atoms with van der Waals surface area (Å²) in [5.74, 6) is -5.98. The van der Waals surface area contributed by atoms with Gasteiger partial charge in [0, 0.05) is 24.8 Å². The van der Waals surface area contributed by atoms with Crippen LogP contribution in [0.25, 0.3) is 0 Å². The summed E-state index contributed by atoms with van der Waals surface area (Å²) in [6, 6.07) is 0. The molecule has 0 spiro atoms. The summed E-state index contributed by atoms with van der Waals surface area (Å²) in [5.41, 5.74) is -2.97. The predicted molar refractivity (Wildman–Crippen MR) is 35.0 cm³/mol. The van der Waals surface area contributed by atoms with E-state index >= 15 is 0 Å². The molecule has 0 bridgehead atoms. The van der Waals surface area contributed by atoms with E-state index in [1.807, 2.05) is 0 Å². The normalized spacial score (nSPS) is 9.40. The zero-order chi connectivity index (χ0) is 10.6. The second kappa shape index (κ2) is 7.99. The smallest absolute Gasteiger partial charge is 0.550 e. The fourth-order valence-corrected chi connectivity index (χ4v) is 0.684. The van der Waals surface area contributed by atoms with E-state index in [1.165, 1.54) is 0 Å². The van der Waals surface area contributed by atoms with E-state index in [0.29, 0.717) is 0 Å². The minimum absolute atomic E-state index is 0. The fraction of sp³-hybridized carbons (Fsp3) is 0.500. The zero-order valence-corrected chi connectivity index (χ0v) is 11.7. The molecule has 0 saturated carbocycles. The van der Waals surface area contributed by atoms with Gasteiger partial charge in [0.05, 0.1) is 5.97 Å². The molecule has 9 heteroatoms. The molecule has 0 atom stereocenters. The molecule has 0 aromatic rings. The molecule has 82 valence electrons. The Bertz CT molecular complexity index is 238. The maximum Gasteiger partial charge on any atom is 3.00 e. The molecule has 1 N–H and O–H groups in total. The topological polar surface area (TPSA) is 141 Å². The molecule has 15 heavy (non-hydrogen) atoms. The molecule has 0 unspecified atom stereocenters. The van der Waals surface area contributed by atoms with E-state index in [1.54, 1.807) is 0 Å². The number of hydrogen-bond acceptors (Lipinski definition) is 7. The Hall–Kier alpha value is -0.227. The van der Waals surface area contributed by atoms with Gasteiger partial charge >= 0.3 is 43.3 Å². The van der Waals surface area contributed by atoms with E-state index in [-0.39, 0.29) is 43.3 Å². The Labute approximate surface area is 114 Å². The van der Waals surface area contributed by atoms with Crippen molar-refractivity contribution in [2.24, 2.45) is 0 Å². The average Bonchev–Trinajstić information content (AvgIpc) is 1.82. The summed E-state index contributed by atoms with van der Waals surface area (Å²) < 4.78 is 0. The number of aliphatic carboxylic acids is 3. The number of carbonyl (C=O) groups excluding carboxylic acids is 3. The number of aliphatic hydroxyl groups is 1. The molecule has 0 aliphatic rings. The standard InChI is InChI=1S/C6H8O7.Bi.Fe/c7-3(8)1-6(13,5(11)12)2-4(9)10;;/h13H,1-2H2,(H,7,8)(H,9,10)(H,11,12);;/q;+3;+2/p-3. The van der Waals surface area contributed by atoms with E-state index < -0.39 is 36.4 Å². The van der Waals surface area contributed by atoms with Gasteiger partial charge in [-0.25, -0.2) is 0 Å². The third kappa shape index (κ3) is 7.67. The van der Waals surface area contributed by atoms with Gasteiger partial charge in [0.1, 0.15) is 5.60 Å². The SMILES string of the molecule is O=C([O-])CC(O)(CC(=O)[O-])C(=O)[O-].[Bi+3].[Fe+2]. The van der Waals surface area contributed by atoms with Gasteiger partial charge in [-0.15, -0.1) is 0 Å². The Morgan fingerprint density at radius 1 is 1.00 bits per heavy atom. The second-order valence-electron chi connectivity index (χ2n) is 2.42. The zero-order valence-electron chi connectivity index (χ0n) is 7.11. The monoisotopic (exact) mass is 454 g/mol. The molecule has 0 amide bonds. The summed E-state index contributed by atoms with van der Waals surface area (Å²) in [7, 11) is 0. The van der Waals surface area contributed by atoms with Gasteiger partial charge in [-0.1, -0.05) is 0 Å². The molecule has 0 rings (SSSR count). The molecule has 0 aliphatic carbocycles. The van der Waals surface area contributed by atoms with Crippen molar-refractivity contribution in [1.82, 2.24) is 0 Å². The second-order valence-corrected chi connectivity index (χ2v) is 2.42. The van der Waals surface area contributed by atoms with Crippen LogP contribution >= 0.6 is 0 Å². The maximum absolute atomic E-state index is 10.1. The first kappa shape index (κ1) is 20.2. The third-order valence-electron chi connectivity index (χ3n) is 1.25. The molecular weight excluding hydrogens is 449 g/mol. The molecule has 0 aliphatic heterocycles. The van der Waals surface area contributed by atoms with E-state index in [4.69, 9.17) is 5.11 Å². The van der Waals surface area contributed by atoms with Crippen LogP contribution in [0.1, 0.15) is 12.8 Å².